The van der Waals surface area contributed by atoms with Crippen molar-refractivity contribution in [1.82, 2.24) is 10.6 Å². The summed E-state index contributed by atoms with van der Waals surface area (Å²) in [5, 5.41) is 8.08. The van der Waals surface area contributed by atoms with Gasteiger partial charge in [-0.2, -0.15) is 0 Å². The van der Waals surface area contributed by atoms with Gasteiger partial charge in [0.2, 0.25) is 17.7 Å². The zero-order chi connectivity index (χ0) is 26.5. The Morgan fingerprint density at radius 2 is 1.64 bits per heavy atom. The highest BCUT2D eigenvalue weighted by Crippen LogP contribution is 2.36. The van der Waals surface area contributed by atoms with Crippen LogP contribution in [0.1, 0.15) is 56.0 Å². The van der Waals surface area contributed by atoms with Crippen LogP contribution in [0.2, 0.25) is 0 Å². The van der Waals surface area contributed by atoms with Gasteiger partial charge in [-0.3, -0.25) is 24.5 Å². The smallest absolute Gasteiger partial charge is 0.252 e. The fourth-order valence-corrected chi connectivity index (χ4v) is 4.36. The minimum absolute atomic E-state index is 0.187. The molecule has 2 unspecified atom stereocenters. The molecule has 1 aliphatic heterocycles. The van der Waals surface area contributed by atoms with Gasteiger partial charge in [-0.1, -0.05) is 32.9 Å². The first-order chi connectivity index (χ1) is 17.1. The second-order valence-corrected chi connectivity index (χ2v) is 9.18. The summed E-state index contributed by atoms with van der Waals surface area (Å²) in [6, 6.07) is 11.0. The number of anilines is 1. The van der Waals surface area contributed by atoms with Crippen LogP contribution in [0.4, 0.5) is 5.69 Å². The van der Waals surface area contributed by atoms with E-state index in [1.807, 2.05) is 20.8 Å². The number of carbonyl (C=O) groups excluding carboxylic acids is 4. The fourth-order valence-electron chi connectivity index (χ4n) is 4.36. The Bertz CT molecular complexity index is 1120. The van der Waals surface area contributed by atoms with Gasteiger partial charge in [-0.15, -0.1) is 0 Å². The monoisotopic (exact) mass is 495 g/mol. The van der Waals surface area contributed by atoms with Crippen molar-refractivity contribution in [3.63, 3.8) is 0 Å². The molecule has 2 aromatic rings. The van der Waals surface area contributed by atoms with E-state index in [-0.39, 0.29) is 30.1 Å². The predicted octanol–water partition coefficient (Wildman–Crippen LogP) is 3.18. The standard InChI is InChI=1S/C27H33N3O6/c1-6-27(12-11-22(31)29-26(27)34)18-7-9-19(10-8-18)28-25(33)23(16(2)3)30-24(32)17-13-20(35-4)15-21(14-17)36-5/h7-10,13-16,23H,6,11-12H2,1-5H3,(H,28,33)(H,30,32)(H,29,31,34). The molecule has 0 aliphatic carbocycles. The van der Waals surface area contributed by atoms with Crippen LogP contribution in [0.15, 0.2) is 42.5 Å². The van der Waals surface area contributed by atoms with Gasteiger partial charge < -0.3 is 20.1 Å². The summed E-state index contributed by atoms with van der Waals surface area (Å²) in [6.45, 7) is 5.60. The molecule has 192 valence electrons. The molecule has 0 spiro atoms. The zero-order valence-corrected chi connectivity index (χ0v) is 21.3. The summed E-state index contributed by atoms with van der Waals surface area (Å²) in [5.41, 5.74) is 0.852. The molecule has 0 radical (unpaired) electrons. The maximum Gasteiger partial charge on any atom is 0.252 e. The molecule has 1 fully saturated rings. The van der Waals surface area contributed by atoms with E-state index in [4.69, 9.17) is 9.47 Å². The molecule has 4 amide bonds. The van der Waals surface area contributed by atoms with Crippen LogP contribution >= 0.6 is 0 Å². The van der Waals surface area contributed by atoms with Crippen molar-refractivity contribution >= 4 is 29.3 Å². The average Bonchev–Trinajstić information content (AvgIpc) is 2.87. The van der Waals surface area contributed by atoms with E-state index < -0.39 is 17.4 Å². The van der Waals surface area contributed by atoms with Crippen molar-refractivity contribution in [3.8, 4) is 11.5 Å². The van der Waals surface area contributed by atoms with E-state index in [0.717, 1.165) is 5.56 Å². The van der Waals surface area contributed by atoms with E-state index >= 15 is 0 Å². The van der Waals surface area contributed by atoms with Gasteiger partial charge in [0.25, 0.3) is 5.91 Å². The highest BCUT2D eigenvalue weighted by molar-refractivity contribution is 6.04. The molecule has 1 saturated heterocycles. The van der Waals surface area contributed by atoms with Crippen LogP contribution in [-0.4, -0.2) is 43.9 Å². The van der Waals surface area contributed by atoms with Crippen LogP contribution in [-0.2, 0) is 19.8 Å². The zero-order valence-electron chi connectivity index (χ0n) is 21.3. The first kappa shape index (κ1) is 26.7. The molecule has 0 bridgehead atoms. The molecule has 0 saturated carbocycles. The van der Waals surface area contributed by atoms with Crippen molar-refractivity contribution in [1.29, 1.82) is 0 Å². The first-order valence-electron chi connectivity index (χ1n) is 11.9. The molecular formula is C27H33N3O6. The second kappa shape index (κ2) is 11.2. The van der Waals surface area contributed by atoms with Gasteiger partial charge in [-0.05, 0) is 48.6 Å². The maximum atomic E-state index is 13.1. The summed E-state index contributed by atoms with van der Waals surface area (Å²) in [4.78, 5) is 50.3. The molecule has 36 heavy (non-hydrogen) atoms. The van der Waals surface area contributed by atoms with E-state index in [9.17, 15) is 19.2 Å². The Kier molecular flexibility index (Phi) is 8.34. The van der Waals surface area contributed by atoms with E-state index in [0.29, 0.717) is 35.6 Å². The quantitative estimate of drug-likeness (QED) is 0.459. The van der Waals surface area contributed by atoms with Crippen LogP contribution in [0, 0.1) is 5.92 Å². The van der Waals surface area contributed by atoms with Gasteiger partial charge >= 0.3 is 0 Å². The number of methoxy groups -OCH3 is 2. The summed E-state index contributed by atoms with van der Waals surface area (Å²) in [6.07, 6.45) is 1.28. The third kappa shape index (κ3) is 5.67. The van der Waals surface area contributed by atoms with Gasteiger partial charge in [0, 0.05) is 23.7 Å². The number of piperidine rings is 1. The molecule has 9 nitrogen and oxygen atoms in total. The minimum Gasteiger partial charge on any atom is -0.497 e. The summed E-state index contributed by atoms with van der Waals surface area (Å²) in [5.74, 6) is -0.618. The highest BCUT2D eigenvalue weighted by atomic mass is 16.5. The van der Waals surface area contributed by atoms with E-state index in [1.165, 1.54) is 14.2 Å². The molecule has 2 atom stereocenters. The predicted molar refractivity (Wildman–Crippen MR) is 135 cm³/mol. The Morgan fingerprint density at radius 3 is 2.14 bits per heavy atom. The number of rotatable bonds is 9. The molecule has 1 aliphatic rings. The fraction of sp³-hybridized carbons (Fsp3) is 0.407. The lowest BCUT2D eigenvalue weighted by Crippen LogP contribution is -2.51. The van der Waals surface area contributed by atoms with Crippen molar-refractivity contribution in [2.45, 2.75) is 51.5 Å². The number of hydrogen-bond acceptors (Lipinski definition) is 6. The highest BCUT2D eigenvalue weighted by Gasteiger charge is 2.42. The number of imide groups is 1. The van der Waals surface area contributed by atoms with Crippen LogP contribution < -0.4 is 25.4 Å². The number of hydrogen-bond donors (Lipinski definition) is 3. The summed E-state index contributed by atoms with van der Waals surface area (Å²) < 4.78 is 10.5. The molecular weight excluding hydrogens is 462 g/mol. The number of carbonyl (C=O) groups is 4. The lowest BCUT2D eigenvalue weighted by atomic mass is 9.72. The largest absolute Gasteiger partial charge is 0.497 e. The van der Waals surface area contributed by atoms with E-state index in [1.54, 1.807) is 42.5 Å². The average molecular weight is 496 g/mol. The Hall–Kier alpha value is -3.88. The van der Waals surface area contributed by atoms with Crippen molar-refractivity contribution < 1.29 is 28.7 Å². The normalized spacial score (nSPS) is 18.3. The van der Waals surface area contributed by atoms with Crippen molar-refractivity contribution in [3.05, 3.63) is 53.6 Å². The Morgan fingerprint density at radius 1 is 1.03 bits per heavy atom. The molecule has 3 rings (SSSR count). The van der Waals surface area contributed by atoms with Gasteiger partial charge in [-0.25, -0.2) is 0 Å². The number of benzene rings is 2. The maximum absolute atomic E-state index is 13.1. The molecule has 9 heteroatoms. The van der Waals surface area contributed by atoms with Crippen LogP contribution in [0.3, 0.4) is 0 Å². The van der Waals surface area contributed by atoms with Gasteiger partial charge in [0.15, 0.2) is 0 Å². The van der Waals surface area contributed by atoms with Crippen molar-refractivity contribution in [2.75, 3.05) is 19.5 Å². The third-order valence-corrected chi connectivity index (χ3v) is 6.62. The summed E-state index contributed by atoms with van der Waals surface area (Å²) >= 11 is 0. The minimum atomic E-state index is -0.800. The Balaban J connectivity index is 1.74. The summed E-state index contributed by atoms with van der Waals surface area (Å²) in [7, 11) is 2.99. The van der Waals surface area contributed by atoms with Crippen LogP contribution in [0.5, 0.6) is 11.5 Å². The van der Waals surface area contributed by atoms with Gasteiger partial charge in [0.05, 0.1) is 19.6 Å². The first-order valence-corrected chi connectivity index (χ1v) is 11.9. The third-order valence-electron chi connectivity index (χ3n) is 6.62. The van der Waals surface area contributed by atoms with Gasteiger partial charge in [0.1, 0.15) is 17.5 Å². The topological polar surface area (TPSA) is 123 Å². The molecule has 0 aromatic heterocycles. The number of ether oxygens (including phenoxy) is 2. The van der Waals surface area contributed by atoms with E-state index in [2.05, 4.69) is 16.0 Å². The molecule has 1 heterocycles. The number of nitrogens with one attached hydrogen (secondary N) is 3. The Labute approximate surface area is 210 Å². The van der Waals surface area contributed by atoms with Crippen molar-refractivity contribution in [2.24, 2.45) is 5.92 Å². The lowest BCUT2D eigenvalue weighted by Gasteiger charge is -2.35. The molecule has 2 aromatic carbocycles. The number of amides is 4. The molecule has 3 N–H and O–H groups in total. The lowest BCUT2D eigenvalue weighted by molar-refractivity contribution is -0.138. The second-order valence-electron chi connectivity index (χ2n) is 9.18. The van der Waals surface area contributed by atoms with Crippen LogP contribution in [0.25, 0.3) is 0 Å². The SMILES string of the molecule is CCC1(c2ccc(NC(=O)C(NC(=O)c3cc(OC)cc(OC)c3)C(C)C)cc2)CCC(=O)NC1=O.